The minimum absolute atomic E-state index is 0.211. The molecule has 2 rings (SSSR count). The Morgan fingerprint density at radius 2 is 1.50 bits per heavy atom. The highest BCUT2D eigenvalue weighted by atomic mass is 16.5. The first kappa shape index (κ1) is 28.0. The van der Waals surface area contributed by atoms with Crippen molar-refractivity contribution in [3.05, 3.63) is 27.2 Å². The van der Waals surface area contributed by atoms with E-state index in [1.807, 2.05) is 0 Å². The summed E-state index contributed by atoms with van der Waals surface area (Å²) < 4.78 is 9.94. The molecule has 2 aromatic rings. The summed E-state index contributed by atoms with van der Waals surface area (Å²) in [5.74, 6) is 0.211. The van der Waals surface area contributed by atoms with Crippen LogP contribution in [0.4, 0.5) is 0 Å². The lowest BCUT2D eigenvalue weighted by Crippen LogP contribution is -2.39. The lowest BCUT2D eigenvalue weighted by atomic mass is 10.1. The molecule has 0 saturated heterocycles. The predicted molar refractivity (Wildman–Crippen MR) is 136 cm³/mol. The van der Waals surface area contributed by atoms with E-state index >= 15 is 0 Å². The van der Waals surface area contributed by atoms with E-state index in [-0.39, 0.29) is 23.6 Å². The average molecular weight is 477 g/mol. The van der Waals surface area contributed by atoms with Gasteiger partial charge in [0.1, 0.15) is 6.61 Å². The van der Waals surface area contributed by atoms with Crippen LogP contribution in [0.25, 0.3) is 11.2 Å². The number of Topliss-reactive ketones (excluding diaryl/α,β-unsaturated/α-hetero) is 1. The molecule has 2 heterocycles. The molecule has 0 spiro atoms. The van der Waals surface area contributed by atoms with Crippen LogP contribution in [0.2, 0.25) is 0 Å². The summed E-state index contributed by atoms with van der Waals surface area (Å²) in [5.41, 5.74) is 0.316. The second kappa shape index (κ2) is 15.6. The number of hydrogen-bond donors (Lipinski definition) is 0. The van der Waals surface area contributed by atoms with E-state index in [9.17, 15) is 14.4 Å². The highest BCUT2D eigenvalue weighted by Gasteiger charge is 2.14. The number of unbranched alkanes of at least 4 members (excludes halogenated alkanes) is 11. The van der Waals surface area contributed by atoms with Gasteiger partial charge in [0, 0.05) is 33.7 Å². The molecule has 192 valence electrons. The molecule has 0 aliphatic heterocycles. The molecule has 8 nitrogen and oxygen atoms in total. The van der Waals surface area contributed by atoms with Crippen molar-refractivity contribution >= 4 is 16.9 Å². The topological polar surface area (TPSA) is 88.1 Å². The minimum atomic E-state index is -0.308. The Balaban J connectivity index is 1.50. The van der Waals surface area contributed by atoms with E-state index in [0.29, 0.717) is 30.7 Å². The third-order valence-electron chi connectivity index (χ3n) is 6.44. The second-order valence-electron chi connectivity index (χ2n) is 9.41. The van der Waals surface area contributed by atoms with Crippen LogP contribution in [0.1, 0.15) is 96.8 Å². The van der Waals surface area contributed by atoms with Gasteiger partial charge in [0.15, 0.2) is 16.9 Å². The van der Waals surface area contributed by atoms with Crippen molar-refractivity contribution in [3.63, 3.8) is 0 Å². The number of fused-ring (bicyclic) bond motifs is 1. The Kier molecular flexibility index (Phi) is 12.9. The Morgan fingerprint density at radius 3 is 2.21 bits per heavy atom. The van der Waals surface area contributed by atoms with Crippen molar-refractivity contribution in [1.82, 2.24) is 18.7 Å². The van der Waals surface area contributed by atoms with E-state index < -0.39 is 0 Å². The molecule has 0 N–H and O–H groups in total. The van der Waals surface area contributed by atoms with Crippen LogP contribution >= 0.6 is 0 Å². The maximum atomic E-state index is 12.7. The summed E-state index contributed by atoms with van der Waals surface area (Å²) in [4.78, 5) is 41.2. The van der Waals surface area contributed by atoms with Gasteiger partial charge in [0.25, 0.3) is 5.56 Å². The smallest absolute Gasteiger partial charge is 0.332 e. The molecule has 0 unspecified atom stereocenters. The highest BCUT2D eigenvalue weighted by molar-refractivity contribution is 5.79. The molecule has 0 bridgehead atoms. The summed E-state index contributed by atoms with van der Waals surface area (Å²) in [5, 5.41) is 0. The number of carbonyl (C=O) groups is 1. The molecular weight excluding hydrogens is 432 g/mol. The number of rotatable bonds is 19. The largest absolute Gasteiger partial charge is 0.374 e. The lowest BCUT2D eigenvalue weighted by molar-refractivity contribution is -0.123. The van der Waals surface area contributed by atoms with E-state index in [4.69, 9.17) is 4.74 Å². The van der Waals surface area contributed by atoms with Crippen LogP contribution in [0.15, 0.2) is 15.9 Å². The Morgan fingerprint density at radius 1 is 0.882 bits per heavy atom. The van der Waals surface area contributed by atoms with E-state index in [2.05, 4.69) is 11.9 Å². The number of imidazole rings is 1. The van der Waals surface area contributed by atoms with Crippen molar-refractivity contribution in [1.29, 1.82) is 0 Å². The molecule has 0 aliphatic carbocycles. The number of aromatic nitrogens is 4. The number of ether oxygens (including phenoxy) is 1. The molecule has 0 radical (unpaired) electrons. The molecule has 2 aromatic heterocycles. The van der Waals surface area contributed by atoms with Gasteiger partial charge < -0.3 is 9.30 Å². The van der Waals surface area contributed by atoms with E-state index in [0.717, 1.165) is 51.4 Å². The Bertz CT molecular complexity index is 989. The number of carbonyl (C=O) groups excluding carboxylic acids is 1. The second-order valence-corrected chi connectivity index (χ2v) is 9.41. The van der Waals surface area contributed by atoms with Gasteiger partial charge in [-0.3, -0.25) is 18.7 Å². The number of nitrogens with zero attached hydrogens (tertiary/aromatic N) is 4. The summed E-state index contributed by atoms with van der Waals surface area (Å²) >= 11 is 0. The molecule has 0 saturated carbocycles. The van der Waals surface area contributed by atoms with Crippen molar-refractivity contribution in [3.8, 4) is 0 Å². The molecule has 0 aromatic carbocycles. The van der Waals surface area contributed by atoms with Crippen molar-refractivity contribution in [2.45, 2.75) is 103 Å². The number of aryl methyl sites for hydroxylation is 2. The van der Waals surface area contributed by atoms with Gasteiger partial charge in [-0.05, 0) is 19.3 Å². The standard InChI is InChI=1S/C26H44N4O4/c1-4-5-6-7-13-16-19-34-20-22(31)17-14-11-9-8-10-12-15-18-30-25(32)23-24(27-21-28(23)2)29(3)26(30)33/h21H,4-20H2,1-3H3. The fourth-order valence-corrected chi connectivity index (χ4v) is 4.31. The van der Waals surface area contributed by atoms with Crippen LogP contribution in [0.3, 0.4) is 0 Å². The monoisotopic (exact) mass is 476 g/mol. The van der Waals surface area contributed by atoms with Crippen LogP contribution in [-0.4, -0.2) is 37.7 Å². The zero-order chi connectivity index (χ0) is 24.8. The van der Waals surface area contributed by atoms with Crippen molar-refractivity contribution in [2.75, 3.05) is 13.2 Å². The summed E-state index contributed by atoms with van der Waals surface area (Å²) in [6.45, 7) is 3.61. The fraction of sp³-hybridized carbons (Fsp3) is 0.769. The van der Waals surface area contributed by atoms with Gasteiger partial charge in [-0.15, -0.1) is 0 Å². The molecule has 0 amide bonds. The lowest BCUT2D eigenvalue weighted by Gasteiger charge is -2.08. The van der Waals surface area contributed by atoms with Gasteiger partial charge in [-0.25, -0.2) is 9.78 Å². The van der Waals surface area contributed by atoms with Crippen LogP contribution in [0, 0.1) is 0 Å². The van der Waals surface area contributed by atoms with Gasteiger partial charge in [0.05, 0.1) is 6.33 Å². The van der Waals surface area contributed by atoms with E-state index in [1.54, 1.807) is 25.0 Å². The third-order valence-corrected chi connectivity index (χ3v) is 6.44. The summed E-state index contributed by atoms with van der Waals surface area (Å²) in [7, 11) is 3.42. The Labute approximate surface area is 203 Å². The van der Waals surface area contributed by atoms with Crippen molar-refractivity contribution < 1.29 is 9.53 Å². The quantitative estimate of drug-likeness (QED) is 0.279. The zero-order valence-corrected chi connectivity index (χ0v) is 21.5. The van der Waals surface area contributed by atoms with Gasteiger partial charge in [-0.1, -0.05) is 71.1 Å². The van der Waals surface area contributed by atoms with Crippen LogP contribution in [-0.2, 0) is 30.2 Å². The van der Waals surface area contributed by atoms with Crippen molar-refractivity contribution in [2.24, 2.45) is 14.1 Å². The molecule has 0 fully saturated rings. The first-order valence-electron chi connectivity index (χ1n) is 13.2. The molecule has 0 atom stereocenters. The molecule has 8 heteroatoms. The average Bonchev–Trinajstić information content (AvgIpc) is 3.21. The van der Waals surface area contributed by atoms with Gasteiger partial charge in [0.2, 0.25) is 0 Å². The first-order chi connectivity index (χ1) is 16.5. The predicted octanol–water partition coefficient (Wildman–Crippen LogP) is 4.50. The van der Waals surface area contributed by atoms with Crippen LogP contribution < -0.4 is 11.2 Å². The van der Waals surface area contributed by atoms with Gasteiger partial charge >= 0.3 is 5.69 Å². The maximum Gasteiger partial charge on any atom is 0.332 e. The zero-order valence-electron chi connectivity index (χ0n) is 21.5. The third kappa shape index (κ3) is 8.85. The minimum Gasteiger partial charge on any atom is -0.374 e. The van der Waals surface area contributed by atoms with Gasteiger partial charge in [-0.2, -0.15) is 0 Å². The summed E-state index contributed by atoms with van der Waals surface area (Å²) in [6, 6.07) is 0. The number of hydrogen-bond acceptors (Lipinski definition) is 5. The normalized spacial score (nSPS) is 11.5. The van der Waals surface area contributed by atoms with E-state index in [1.165, 1.54) is 41.2 Å². The number of ketones is 1. The summed E-state index contributed by atoms with van der Waals surface area (Å²) in [6.07, 6.45) is 16.6. The first-order valence-corrected chi connectivity index (χ1v) is 13.2. The SMILES string of the molecule is CCCCCCCCOCC(=O)CCCCCCCCCn1c(=O)c2c(ncn2C)n(C)c1=O. The maximum absolute atomic E-state index is 12.7. The van der Waals surface area contributed by atoms with Crippen LogP contribution in [0.5, 0.6) is 0 Å². The molecular formula is C26H44N4O4. The molecule has 34 heavy (non-hydrogen) atoms. The highest BCUT2D eigenvalue weighted by Crippen LogP contribution is 2.10. The fourth-order valence-electron chi connectivity index (χ4n) is 4.31. The molecule has 0 aliphatic rings. The Hall–Kier alpha value is -2.22.